The van der Waals surface area contributed by atoms with Gasteiger partial charge in [0.2, 0.25) is 0 Å². The lowest BCUT2D eigenvalue weighted by molar-refractivity contribution is -0.274. The van der Waals surface area contributed by atoms with Crippen LogP contribution in [0.4, 0.5) is 17.6 Å². The molecule has 1 atom stereocenters. The standard InChI is InChI=1S/C15H12F4O2/c1-9-6-11(8-12(16)7-9)14(20)10-2-4-13(5-3-10)21-15(17,18)19/h2-8,14,20H,1H3. The normalized spacial score (nSPS) is 13.0. The first-order chi connectivity index (χ1) is 9.74. The fourth-order valence-electron chi connectivity index (χ4n) is 1.97. The molecule has 0 amide bonds. The van der Waals surface area contributed by atoms with Crippen molar-refractivity contribution in [1.29, 1.82) is 0 Å². The van der Waals surface area contributed by atoms with Crippen LogP contribution >= 0.6 is 0 Å². The lowest BCUT2D eigenvalue weighted by Gasteiger charge is -2.14. The number of hydrogen-bond acceptors (Lipinski definition) is 2. The van der Waals surface area contributed by atoms with E-state index in [1.165, 1.54) is 24.3 Å². The van der Waals surface area contributed by atoms with E-state index in [0.717, 1.165) is 12.1 Å². The fraction of sp³-hybridized carbons (Fsp3) is 0.200. The Morgan fingerprint density at radius 2 is 1.62 bits per heavy atom. The van der Waals surface area contributed by atoms with Gasteiger partial charge in [-0.25, -0.2) is 4.39 Å². The van der Waals surface area contributed by atoms with Crippen molar-refractivity contribution in [3.8, 4) is 5.75 Å². The van der Waals surface area contributed by atoms with Crippen molar-refractivity contribution in [2.45, 2.75) is 19.4 Å². The SMILES string of the molecule is Cc1cc(F)cc(C(O)c2ccc(OC(F)(F)F)cc2)c1. The van der Waals surface area contributed by atoms with E-state index in [9.17, 15) is 22.7 Å². The summed E-state index contributed by atoms with van der Waals surface area (Å²) in [5, 5.41) is 10.1. The van der Waals surface area contributed by atoms with E-state index < -0.39 is 18.3 Å². The van der Waals surface area contributed by atoms with Gasteiger partial charge in [-0.15, -0.1) is 13.2 Å². The summed E-state index contributed by atoms with van der Waals surface area (Å²) >= 11 is 0. The highest BCUT2D eigenvalue weighted by molar-refractivity contribution is 5.35. The maximum atomic E-state index is 13.3. The van der Waals surface area contributed by atoms with Crippen LogP contribution in [0.15, 0.2) is 42.5 Å². The van der Waals surface area contributed by atoms with Crippen LogP contribution in [0, 0.1) is 12.7 Å². The van der Waals surface area contributed by atoms with Gasteiger partial charge in [0.25, 0.3) is 0 Å². The Balaban J connectivity index is 2.21. The Morgan fingerprint density at radius 1 is 1.00 bits per heavy atom. The van der Waals surface area contributed by atoms with Gasteiger partial charge in [0, 0.05) is 0 Å². The maximum absolute atomic E-state index is 13.3. The molecule has 6 heteroatoms. The van der Waals surface area contributed by atoms with Crippen molar-refractivity contribution in [2.24, 2.45) is 0 Å². The molecule has 0 aliphatic carbocycles. The van der Waals surface area contributed by atoms with E-state index in [2.05, 4.69) is 4.74 Å². The van der Waals surface area contributed by atoms with Crippen molar-refractivity contribution >= 4 is 0 Å². The van der Waals surface area contributed by atoms with E-state index in [-0.39, 0.29) is 5.75 Å². The van der Waals surface area contributed by atoms with Crippen molar-refractivity contribution in [3.63, 3.8) is 0 Å². The molecule has 2 aromatic rings. The summed E-state index contributed by atoms with van der Waals surface area (Å²) in [4.78, 5) is 0. The second kappa shape index (κ2) is 5.73. The lowest BCUT2D eigenvalue weighted by Crippen LogP contribution is -2.17. The molecule has 0 fully saturated rings. The maximum Gasteiger partial charge on any atom is 0.573 e. The molecule has 21 heavy (non-hydrogen) atoms. The molecule has 0 aliphatic heterocycles. The van der Waals surface area contributed by atoms with Gasteiger partial charge in [-0.05, 0) is 47.9 Å². The molecule has 112 valence electrons. The van der Waals surface area contributed by atoms with Crippen LogP contribution in [0.1, 0.15) is 22.8 Å². The molecule has 1 N–H and O–H groups in total. The third-order valence-corrected chi connectivity index (χ3v) is 2.81. The Morgan fingerprint density at radius 3 is 2.14 bits per heavy atom. The molecule has 0 spiro atoms. The minimum absolute atomic E-state index is 0.331. The first-order valence-corrected chi connectivity index (χ1v) is 6.05. The zero-order chi connectivity index (χ0) is 15.6. The number of rotatable bonds is 3. The number of hydrogen-bond donors (Lipinski definition) is 1. The van der Waals surface area contributed by atoms with Gasteiger partial charge in [-0.3, -0.25) is 0 Å². The Kier molecular flexibility index (Phi) is 4.18. The number of alkyl halides is 3. The van der Waals surface area contributed by atoms with Gasteiger partial charge in [0.05, 0.1) is 0 Å². The third-order valence-electron chi connectivity index (χ3n) is 2.81. The average molecular weight is 300 g/mol. The number of aliphatic hydroxyl groups is 1. The first-order valence-electron chi connectivity index (χ1n) is 6.05. The Bertz CT molecular complexity index is 600. The van der Waals surface area contributed by atoms with Crippen LogP contribution in [0.5, 0.6) is 5.75 Å². The van der Waals surface area contributed by atoms with Crippen molar-refractivity contribution < 1.29 is 27.4 Å². The summed E-state index contributed by atoms with van der Waals surface area (Å²) in [6.45, 7) is 1.68. The predicted octanol–water partition coefficient (Wildman–Crippen LogP) is 4.11. The molecule has 0 saturated carbocycles. The van der Waals surface area contributed by atoms with Gasteiger partial charge in [0.1, 0.15) is 17.7 Å². The quantitative estimate of drug-likeness (QED) is 0.864. The molecule has 2 rings (SSSR count). The Hall–Kier alpha value is -2.08. The number of aliphatic hydroxyl groups excluding tert-OH is 1. The van der Waals surface area contributed by atoms with Crippen LogP contribution in [0.2, 0.25) is 0 Å². The van der Waals surface area contributed by atoms with Crippen LogP contribution in [0.3, 0.4) is 0 Å². The number of halogens is 4. The molecule has 0 saturated heterocycles. The minimum atomic E-state index is -4.76. The Labute approximate surface area is 118 Å². The molecule has 0 radical (unpaired) electrons. The number of aryl methyl sites for hydroxylation is 1. The predicted molar refractivity (Wildman–Crippen MR) is 68.3 cm³/mol. The highest BCUT2D eigenvalue weighted by Gasteiger charge is 2.31. The summed E-state index contributed by atoms with van der Waals surface area (Å²) in [6.07, 6.45) is -5.89. The zero-order valence-electron chi connectivity index (χ0n) is 11.0. The smallest absolute Gasteiger partial charge is 0.406 e. The third kappa shape index (κ3) is 4.19. The zero-order valence-corrected chi connectivity index (χ0v) is 11.0. The fourth-order valence-corrected chi connectivity index (χ4v) is 1.97. The molecule has 2 aromatic carbocycles. The summed E-state index contributed by atoms with van der Waals surface area (Å²) in [6, 6.07) is 8.89. The molecule has 0 bridgehead atoms. The van der Waals surface area contributed by atoms with E-state index in [4.69, 9.17) is 0 Å². The second-order valence-corrected chi connectivity index (χ2v) is 4.58. The molecular weight excluding hydrogens is 288 g/mol. The summed E-state index contributed by atoms with van der Waals surface area (Å²) in [5.74, 6) is -0.866. The largest absolute Gasteiger partial charge is 0.573 e. The van der Waals surface area contributed by atoms with Crippen LogP contribution in [0.25, 0.3) is 0 Å². The minimum Gasteiger partial charge on any atom is -0.406 e. The van der Waals surface area contributed by atoms with Crippen LogP contribution < -0.4 is 4.74 Å². The topological polar surface area (TPSA) is 29.5 Å². The lowest BCUT2D eigenvalue weighted by atomic mass is 10.00. The van der Waals surface area contributed by atoms with Crippen molar-refractivity contribution in [1.82, 2.24) is 0 Å². The van der Waals surface area contributed by atoms with E-state index in [1.54, 1.807) is 13.0 Å². The van der Waals surface area contributed by atoms with E-state index in [0.29, 0.717) is 16.7 Å². The monoisotopic (exact) mass is 300 g/mol. The van der Waals surface area contributed by atoms with Crippen molar-refractivity contribution in [2.75, 3.05) is 0 Å². The average Bonchev–Trinajstić information content (AvgIpc) is 2.35. The second-order valence-electron chi connectivity index (χ2n) is 4.58. The first kappa shape index (κ1) is 15.3. The highest BCUT2D eigenvalue weighted by Crippen LogP contribution is 2.27. The van der Waals surface area contributed by atoms with Gasteiger partial charge in [-0.1, -0.05) is 18.2 Å². The van der Waals surface area contributed by atoms with Gasteiger partial charge in [0.15, 0.2) is 0 Å². The summed E-state index contributed by atoms with van der Waals surface area (Å²) in [7, 11) is 0. The van der Waals surface area contributed by atoms with E-state index >= 15 is 0 Å². The van der Waals surface area contributed by atoms with E-state index in [1.807, 2.05) is 0 Å². The summed E-state index contributed by atoms with van der Waals surface area (Å²) < 4.78 is 53.2. The molecule has 2 nitrogen and oxygen atoms in total. The molecular formula is C15H12F4O2. The number of benzene rings is 2. The summed E-state index contributed by atoms with van der Waals surface area (Å²) in [5.41, 5.74) is 1.31. The van der Waals surface area contributed by atoms with Crippen molar-refractivity contribution in [3.05, 3.63) is 65.0 Å². The number of ether oxygens (including phenoxy) is 1. The van der Waals surface area contributed by atoms with Gasteiger partial charge >= 0.3 is 6.36 Å². The van der Waals surface area contributed by atoms with Crippen LogP contribution in [-0.4, -0.2) is 11.5 Å². The van der Waals surface area contributed by atoms with Gasteiger partial charge in [-0.2, -0.15) is 0 Å². The molecule has 0 heterocycles. The molecule has 0 aromatic heterocycles. The highest BCUT2D eigenvalue weighted by atomic mass is 19.4. The van der Waals surface area contributed by atoms with Crippen LogP contribution in [-0.2, 0) is 0 Å². The molecule has 1 unspecified atom stereocenters. The van der Waals surface area contributed by atoms with Gasteiger partial charge < -0.3 is 9.84 Å². The molecule has 0 aliphatic rings.